The molecule has 0 amide bonds. The first-order valence-corrected chi connectivity index (χ1v) is 6.54. The van der Waals surface area contributed by atoms with Crippen molar-refractivity contribution in [3.63, 3.8) is 0 Å². The van der Waals surface area contributed by atoms with E-state index in [0.717, 1.165) is 16.6 Å². The van der Waals surface area contributed by atoms with E-state index in [1.165, 1.54) is 6.07 Å². The van der Waals surface area contributed by atoms with Crippen LogP contribution >= 0.6 is 0 Å². The normalized spacial score (nSPS) is 10.7. The number of nitro groups is 1. The lowest BCUT2D eigenvalue weighted by molar-refractivity contribution is -0.383. The van der Waals surface area contributed by atoms with Crippen LogP contribution in [-0.2, 0) is 6.54 Å². The van der Waals surface area contributed by atoms with Crippen LogP contribution in [0.5, 0.6) is 0 Å². The Balaban J connectivity index is 1.96. The molecule has 0 atom stereocenters. The van der Waals surface area contributed by atoms with Crippen LogP contribution in [0.3, 0.4) is 0 Å². The van der Waals surface area contributed by atoms with E-state index in [0.29, 0.717) is 12.2 Å². The third-order valence-corrected chi connectivity index (χ3v) is 3.41. The zero-order valence-electron chi connectivity index (χ0n) is 11.5. The van der Waals surface area contributed by atoms with Gasteiger partial charge in [-0.3, -0.25) is 10.1 Å². The van der Waals surface area contributed by atoms with Crippen LogP contribution in [0.1, 0.15) is 5.56 Å². The highest BCUT2D eigenvalue weighted by Crippen LogP contribution is 2.25. The summed E-state index contributed by atoms with van der Waals surface area (Å²) in [6, 6.07) is 13.0. The van der Waals surface area contributed by atoms with Gasteiger partial charge in [-0.05, 0) is 23.8 Å². The van der Waals surface area contributed by atoms with Crippen LogP contribution in [-0.4, -0.2) is 21.5 Å². The van der Waals surface area contributed by atoms with E-state index in [-0.39, 0.29) is 10.6 Å². The van der Waals surface area contributed by atoms with Crippen LogP contribution in [0.2, 0.25) is 0 Å². The monoisotopic (exact) mass is 282 g/mol. The minimum atomic E-state index is -0.387. The predicted octanol–water partition coefficient (Wildman–Crippen LogP) is 3.03. The van der Waals surface area contributed by atoms with Crippen molar-refractivity contribution in [2.45, 2.75) is 6.54 Å². The number of imidazole rings is 1. The Kier molecular flexibility index (Phi) is 3.27. The molecule has 6 nitrogen and oxygen atoms in total. The van der Waals surface area contributed by atoms with E-state index in [1.54, 1.807) is 25.5 Å². The molecular formula is C15H14N4O2. The molecule has 1 aromatic heterocycles. The molecule has 0 spiro atoms. The van der Waals surface area contributed by atoms with E-state index < -0.39 is 0 Å². The summed E-state index contributed by atoms with van der Waals surface area (Å²) in [7, 11) is 1.68. The number of fused-ring (bicyclic) bond motifs is 1. The SMILES string of the molecule is CNc1cc(Cn2cnc3ccccc32)ccc1[N+](=O)[O-]. The van der Waals surface area contributed by atoms with Gasteiger partial charge >= 0.3 is 0 Å². The summed E-state index contributed by atoms with van der Waals surface area (Å²) < 4.78 is 2.02. The highest BCUT2D eigenvalue weighted by Gasteiger charge is 2.13. The highest BCUT2D eigenvalue weighted by molar-refractivity contribution is 5.75. The van der Waals surface area contributed by atoms with Crippen molar-refractivity contribution in [2.24, 2.45) is 0 Å². The summed E-state index contributed by atoms with van der Waals surface area (Å²) in [4.78, 5) is 14.9. The minimum Gasteiger partial charge on any atom is -0.383 e. The number of benzene rings is 2. The van der Waals surface area contributed by atoms with Crippen molar-refractivity contribution >= 4 is 22.4 Å². The fourth-order valence-electron chi connectivity index (χ4n) is 2.37. The molecule has 1 N–H and O–H groups in total. The Hall–Kier alpha value is -2.89. The Labute approximate surface area is 121 Å². The maximum Gasteiger partial charge on any atom is 0.292 e. The lowest BCUT2D eigenvalue weighted by Crippen LogP contribution is -2.01. The van der Waals surface area contributed by atoms with Crippen molar-refractivity contribution in [3.8, 4) is 0 Å². The highest BCUT2D eigenvalue weighted by atomic mass is 16.6. The fourth-order valence-corrected chi connectivity index (χ4v) is 2.37. The first-order valence-electron chi connectivity index (χ1n) is 6.54. The van der Waals surface area contributed by atoms with Crippen molar-refractivity contribution in [1.82, 2.24) is 9.55 Å². The van der Waals surface area contributed by atoms with Gasteiger partial charge in [0.25, 0.3) is 5.69 Å². The van der Waals surface area contributed by atoms with Gasteiger partial charge in [-0.2, -0.15) is 0 Å². The van der Waals surface area contributed by atoms with Crippen molar-refractivity contribution in [1.29, 1.82) is 0 Å². The summed E-state index contributed by atoms with van der Waals surface area (Å²) in [5.41, 5.74) is 3.56. The van der Waals surface area contributed by atoms with Gasteiger partial charge in [-0.25, -0.2) is 4.98 Å². The number of hydrogen-bond donors (Lipinski definition) is 1. The number of nitro benzene ring substituents is 1. The number of nitrogens with zero attached hydrogens (tertiary/aromatic N) is 3. The lowest BCUT2D eigenvalue weighted by atomic mass is 10.1. The van der Waals surface area contributed by atoms with Gasteiger partial charge in [0.15, 0.2) is 0 Å². The zero-order chi connectivity index (χ0) is 14.8. The van der Waals surface area contributed by atoms with Crippen LogP contribution in [0.15, 0.2) is 48.8 Å². The number of anilines is 1. The quantitative estimate of drug-likeness (QED) is 0.589. The standard InChI is InChI=1S/C15H14N4O2/c1-16-13-8-11(6-7-15(13)19(20)21)9-18-10-17-12-4-2-3-5-14(12)18/h2-8,10,16H,9H2,1H3. The molecule has 0 unspecified atom stereocenters. The summed E-state index contributed by atoms with van der Waals surface area (Å²) >= 11 is 0. The molecule has 3 rings (SSSR count). The lowest BCUT2D eigenvalue weighted by Gasteiger charge is -2.07. The molecule has 6 heteroatoms. The third kappa shape index (κ3) is 2.43. The number of aromatic nitrogens is 2. The van der Waals surface area contributed by atoms with E-state index in [2.05, 4.69) is 10.3 Å². The summed E-state index contributed by atoms with van der Waals surface area (Å²) in [5.74, 6) is 0. The second-order valence-electron chi connectivity index (χ2n) is 4.72. The fraction of sp³-hybridized carbons (Fsp3) is 0.133. The maximum absolute atomic E-state index is 10.9. The van der Waals surface area contributed by atoms with Crippen LogP contribution in [0.25, 0.3) is 11.0 Å². The zero-order valence-corrected chi connectivity index (χ0v) is 11.5. The van der Waals surface area contributed by atoms with Gasteiger partial charge in [-0.1, -0.05) is 18.2 Å². The summed E-state index contributed by atoms with van der Waals surface area (Å²) in [6.07, 6.45) is 1.78. The first-order chi connectivity index (χ1) is 10.2. The Morgan fingerprint density at radius 3 is 2.86 bits per heavy atom. The molecule has 106 valence electrons. The molecule has 1 heterocycles. The van der Waals surface area contributed by atoms with Gasteiger partial charge in [0, 0.05) is 19.7 Å². The molecule has 3 aromatic rings. The maximum atomic E-state index is 10.9. The largest absolute Gasteiger partial charge is 0.383 e. The van der Waals surface area contributed by atoms with Crippen molar-refractivity contribution in [3.05, 3.63) is 64.5 Å². The van der Waals surface area contributed by atoms with Gasteiger partial charge in [-0.15, -0.1) is 0 Å². The Morgan fingerprint density at radius 1 is 1.29 bits per heavy atom. The smallest absolute Gasteiger partial charge is 0.292 e. The average molecular weight is 282 g/mol. The molecule has 2 aromatic carbocycles. The first kappa shape index (κ1) is 13.1. The van der Waals surface area contributed by atoms with Crippen molar-refractivity contribution < 1.29 is 4.92 Å². The number of para-hydroxylation sites is 2. The molecule has 0 radical (unpaired) electrons. The van der Waals surface area contributed by atoms with E-state index in [9.17, 15) is 10.1 Å². The molecule has 0 saturated carbocycles. The van der Waals surface area contributed by atoms with Gasteiger partial charge < -0.3 is 9.88 Å². The second-order valence-corrected chi connectivity index (χ2v) is 4.72. The molecule has 21 heavy (non-hydrogen) atoms. The van der Waals surface area contributed by atoms with Gasteiger partial charge in [0.2, 0.25) is 0 Å². The summed E-state index contributed by atoms with van der Waals surface area (Å²) in [6.45, 7) is 0.618. The van der Waals surface area contributed by atoms with E-state index in [4.69, 9.17) is 0 Å². The molecule has 0 bridgehead atoms. The summed E-state index contributed by atoms with van der Waals surface area (Å²) in [5, 5.41) is 13.8. The van der Waals surface area contributed by atoms with Crippen LogP contribution in [0, 0.1) is 10.1 Å². The number of nitrogens with one attached hydrogen (secondary N) is 1. The van der Waals surface area contributed by atoms with Crippen LogP contribution in [0.4, 0.5) is 11.4 Å². The second kappa shape index (κ2) is 5.24. The number of hydrogen-bond acceptors (Lipinski definition) is 4. The molecule has 0 saturated heterocycles. The molecule has 0 aliphatic carbocycles. The minimum absolute atomic E-state index is 0.0803. The van der Waals surface area contributed by atoms with Crippen LogP contribution < -0.4 is 5.32 Å². The number of rotatable bonds is 4. The van der Waals surface area contributed by atoms with Crippen molar-refractivity contribution in [2.75, 3.05) is 12.4 Å². The molecule has 0 fully saturated rings. The molecule has 0 aliphatic rings. The Morgan fingerprint density at radius 2 is 2.10 bits per heavy atom. The van der Waals surface area contributed by atoms with E-state index >= 15 is 0 Å². The predicted molar refractivity (Wildman–Crippen MR) is 81.5 cm³/mol. The third-order valence-electron chi connectivity index (χ3n) is 3.41. The molecule has 0 aliphatic heterocycles. The van der Waals surface area contributed by atoms with Gasteiger partial charge in [0.05, 0.1) is 22.3 Å². The molecular weight excluding hydrogens is 268 g/mol. The van der Waals surface area contributed by atoms with Gasteiger partial charge in [0.1, 0.15) is 5.69 Å². The van der Waals surface area contributed by atoms with E-state index in [1.807, 2.05) is 28.8 Å². The average Bonchev–Trinajstić information content (AvgIpc) is 2.90. The Bertz CT molecular complexity index is 810. The topological polar surface area (TPSA) is 73.0 Å².